The third kappa shape index (κ3) is 7.39. The van der Waals surface area contributed by atoms with Crippen molar-refractivity contribution in [3.63, 3.8) is 0 Å². The average Bonchev–Trinajstić information content (AvgIpc) is 2.48. The molecule has 2 amide bonds. The van der Waals surface area contributed by atoms with Crippen molar-refractivity contribution in [3.05, 3.63) is 29.8 Å². The Balaban J connectivity index is 2.57. The van der Waals surface area contributed by atoms with Gasteiger partial charge in [0.05, 0.1) is 6.42 Å². The number of hydrogen-bond acceptors (Lipinski definition) is 3. The fourth-order valence-electron chi connectivity index (χ4n) is 1.62. The molecule has 1 rings (SSSR count). The van der Waals surface area contributed by atoms with Gasteiger partial charge in [-0.15, -0.1) is 0 Å². The number of halogens is 3. The Morgan fingerprint density at radius 3 is 2.57 bits per heavy atom. The summed E-state index contributed by atoms with van der Waals surface area (Å²) < 4.78 is 41.3. The van der Waals surface area contributed by atoms with Crippen molar-refractivity contribution in [1.29, 1.82) is 0 Å². The Morgan fingerprint density at radius 2 is 1.96 bits per heavy atom. The highest BCUT2D eigenvalue weighted by atomic mass is 19.4. The van der Waals surface area contributed by atoms with Gasteiger partial charge >= 0.3 is 18.2 Å². The number of carboxylic acid groups (broad SMARTS) is 1. The molecule has 0 unspecified atom stereocenters. The average molecular weight is 334 g/mol. The minimum Gasteiger partial charge on any atom is -0.484 e. The van der Waals surface area contributed by atoms with E-state index in [0.29, 0.717) is 5.56 Å². The zero-order valence-corrected chi connectivity index (χ0v) is 12.4. The van der Waals surface area contributed by atoms with Crippen LogP contribution in [0.5, 0.6) is 5.75 Å². The molecule has 0 heterocycles. The highest BCUT2D eigenvalue weighted by Crippen LogP contribution is 2.22. The number of carbonyl (C=O) groups is 2. The lowest BCUT2D eigenvalue weighted by Crippen LogP contribution is -2.38. The fraction of sp³-hybridized carbons (Fsp3) is 0.429. The lowest BCUT2D eigenvalue weighted by molar-refractivity contribution is -0.153. The maximum Gasteiger partial charge on any atom is 0.422 e. The Hall–Kier alpha value is -2.45. The van der Waals surface area contributed by atoms with Gasteiger partial charge in [0, 0.05) is 25.7 Å². The molecule has 0 bridgehead atoms. The summed E-state index contributed by atoms with van der Waals surface area (Å²) in [5, 5.41) is 11.0. The summed E-state index contributed by atoms with van der Waals surface area (Å²) in [7, 11) is 1.42. The minimum atomic E-state index is -4.45. The topological polar surface area (TPSA) is 78.9 Å². The van der Waals surface area contributed by atoms with Gasteiger partial charge in [0.25, 0.3) is 0 Å². The predicted octanol–water partition coefficient (Wildman–Crippen LogP) is 2.24. The Kier molecular flexibility index (Phi) is 6.67. The third-order valence-corrected chi connectivity index (χ3v) is 2.80. The van der Waals surface area contributed by atoms with Crippen LogP contribution in [0.25, 0.3) is 0 Å². The van der Waals surface area contributed by atoms with Crippen molar-refractivity contribution in [1.82, 2.24) is 10.2 Å². The second-order valence-electron chi connectivity index (χ2n) is 4.74. The summed E-state index contributed by atoms with van der Waals surface area (Å²) in [4.78, 5) is 23.4. The van der Waals surface area contributed by atoms with Crippen molar-refractivity contribution >= 4 is 12.0 Å². The first-order chi connectivity index (χ1) is 10.7. The third-order valence-electron chi connectivity index (χ3n) is 2.80. The molecule has 1 aromatic rings. The number of nitrogens with one attached hydrogen (secondary N) is 1. The van der Waals surface area contributed by atoms with E-state index in [9.17, 15) is 22.8 Å². The number of benzene rings is 1. The molecule has 23 heavy (non-hydrogen) atoms. The fourth-order valence-corrected chi connectivity index (χ4v) is 1.62. The number of rotatable bonds is 7. The first-order valence-electron chi connectivity index (χ1n) is 6.67. The van der Waals surface area contributed by atoms with E-state index in [1.807, 2.05) is 0 Å². The van der Waals surface area contributed by atoms with Crippen molar-refractivity contribution in [2.45, 2.75) is 19.1 Å². The monoisotopic (exact) mass is 334 g/mol. The number of nitrogens with zero attached hydrogens (tertiary/aromatic N) is 1. The number of carboxylic acids is 1. The normalized spacial score (nSPS) is 11.0. The van der Waals surface area contributed by atoms with E-state index in [-0.39, 0.29) is 25.3 Å². The lowest BCUT2D eigenvalue weighted by atomic mass is 10.2. The number of ether oxygens (including phenoxy) is 1. The van der Waals surface area contributed by atoms with Crippen LogP contribution in [0.2, 0.25) is 0 Å². The van der Waals surface area contributed by atoms with Crippen LogP contribution in [-0.2, 0) is 11.3 Å². The summed E-state index contributed by atoms with van der Waals surface area (Å²) in [6, 6.07) is 5.51. The van der Waals surface area contributed by atoms with Gasteiger partial charge in [0.2, 0.25) is 0 Å². The van der Waals surface area contributed by atoms with Crippen LogP contribution in [0, 0.1) is 0 Å². The molecular weight excluding hydrogens is 317 g/mol. The zero-order chi connectivity index (χ0) is 17.5. The molecule has 0 aromatic heterocycles. The first-order valence-corrected chi connectivity index (χ1v) is 6.67. The standard InChI is InChI=1S/C14H17F3N2O4/c1-19(7-6-12(20)21)13(22)18-8-10-4-2-3-5-11(10)23-9-14(15,16)17/h2-5H,6-9H2,1H3,(H,18,22)(H,20,21). The summed E-state index contributed by atoms with van der Waals surface area (Å²) >= 11 is 0. The van der Waals surface area contributed by atoms with Crippen molar-refractivity contribution in [2.24, 2.45) is 0 Å². The summed E-state index contributed by atoms with van der Waals surface area (Å²) in [5.41, 5.74) is 0.386. The zero-order valence-electron chi connectivity index (χ0n) is 12.4. The SMILES string of the molecule is CN(CCC(=O)O)C(=O)NCc1ccccc1OCC(F)(F)F. The quantitative estimate of drug-likeness (QED) is 0.802. The number of hydrogen-bond donors (Lipinski definition) is 2. The van der Waals surface area contributed by atoms with E-state index in [0.717, 1.165) is 0 Å². The molecule has 128 valence electrons. The number of para-hydroxylation sites is 1. The highest BCUT2D eigenvalue weighted by Gasteiger charge is 2.28. The molecule has 0 atom stereocenters. The first kappa shape index (κ1) is 18.6. The number of alkyl halides is 3. The van der Waals surface area contributed by atoms with Crippen LogP contribution >= 0.6 is 0 Å². The largest absolute Gasteiger partial charge is 0.484 e. The molecule has 0 aliphatic heterocycles. The second-order valence-corrected chi connectivity index (χ2v) is 4.74. The molecule has 2 N–H and O–H groups in total. The molecule has 6 nitrogen and oxygen atoms in total. The van der Waals surface area contributed by atoms with E-state index < -0.39 is 24.8 Å². The number of aliphatic carboxylic acids is 1. The van der Waals surface area contributed by atoms with Crippen LogP contribution in [0.15, 0.2) is 24.3 Å². The smallest absolute Gasteiger partial charge is 0.422 e. The van der Waals surface area contributed by atoms with Gasteiger partial charge in [-0.25, -0.2) is 4.79 Å². The van der Waals surface area contributed by atoms with Gasteiger partial charge in [0.15, 0.2) is 6.61 Å². The molecule has 0 saturated heterocycles. The molecule has 0 spiro atoms. The van der Waals surface area contributed by atoms with Gasteiger partial charge in [-0.3, -0.25) is 4.79 Å². The molecule has 0 saturated carbocycles. The van der Waals surface area contributed by atoms with Gasteiger partial charge in [-0.1, -0.05) is 18.2 Å². The van der Waals surface area contributed by atoms with Gasteiger partial charge in [0.1, 0.15) is 5.75 Å². The van der Waals surface area contributed by atoms with Crippen LogP contribution < -0.4 is 10.1 Å². The summed E-state index contributed by atoms with van der Waals surface area (Å²) in [5.74, 6) is -1.01. The van der Waals surface area contributed by atoms with E-state index in [4.69, 9.17) is 9.84 Å². The van der Waals surface area contributed by atoms with Gasteiger partial charge in [-0.05, 0) is 6.07 Å². The molecule has 0 aliphatic carbocycles. The van der Waals surface area contributed by atoms with Crippen LogP contribution in [0.3, 0.4) is 0 Å². The van der Waals surface area contributed by atoms with E-state index in [1.165, 1.54) is 30.1 Å². The van der Waals surface area contributed by atoms with Crippen molar-refractivity contribution in [2.75, 3.05) is 20.2 Å². The summed E-state index contributed by atoms with van der Waals surface area (Å²) in [6.45, 7) is -1.44. The Morgan fingerprint density at radius 1 is 1.30 bits per heavy atom. The van der Waals surface area contributed by atoms with E-state index in [2.05, 4.69) is 5.32 Å². The van der Waals surface area contributed by atoms with Crippen LogP contribution in [0.1, 0.15) is 12.0 Å². The highest BCUT2D eigenvalue weighted by molar-refractivity contribution is 5.75. The Labute approximate surface area is 130 Å². The maximum absolute atomic E-state index is 12.2. The van der Waals surface area contributed by atoms with Crippen LogP contribution in [0.4, 0.5) is 18.0 Å². The lowest BCUT2D eigenvalue weighted by Gasteiger charge is -2.18. The number of amides is 2. The number of carbonyl (C=O) groups excluding carboxylic acids is 1. The summed E-state index contributed by atoms with van der Waals surface area (Å²) in [6.07, 6.45) is -4.65. The van der Waals surface area contributed by atoms with Gasteiger partial charge < -0.3 is 20.1 Å². The molecule has 0 fully saturated rings. The van der Waals surface area contributed by atoms with Crippen LogP contribution in [-0.4, -0.2) is 48.4 Å². The van der Waals surface area contributed by atoms with E-state index in [1.54, 1.807) is 6.07 Å². The molecular formula is C14H17F3N2O4. The molecule has 0 aliphatic rings. The molecule has 0 radical (unpaired) electrons. The van der Waals surface area contributed by atoms with Gasteiger partial charge in [-0.2, -0.15) is 13.2 Å². The predicted molar refractivity (Wildman–Crippen MR) is 75.1 cm³/mol. The molecule has 9 heteroatoms. The second kappa shape index (κ2) is 8.25. The Bertz CT molecular complexity index is 549. The van der Waals surface area contributed by atoms with Crippen molar-refractivity contribution in [3.8, 4) is 5.75 Å². The number of urea groups is 1. The van der Waals surface area contributed by atoms with Crippen molar-refractivity contribution < 1.29 is 32.6 Å². The maximum atomic E-state index is 12.2. The minimum absolute atomic E-state index is 0.0212. The molecule has 1 aromatic carbocycles. The van der Waals surface area contributed by atoms with E-state index >= 15 is 0 Å².